The number of nitriles is 1. The quantitative estimate of drug-likeness (QED) is 0.628. The van der Waals surface area contributed by atoms with Crippen molar-refractivity contribution in [2.24, 2.45) is 10.8 Å². The summed E-state index contributed by atoms with van der Waals surface area (Å²) in [4.78, 5) is 3.48. The van der Waals surface area contributed by atoms with E-state index < -0.39 is 0 Å². The third-order valence-corrected chi connectivity index (χ3v) is 5.51. The lowest BCUT2D eigenvalue weighted by Crippen LogP contribution is -2.36. The van der Waals surface area contributed by atoms with Crippen LogP contribution in [-0.4, -0.2) is 0 Å². The molecule has 1 aromatic carbocycles. The van der Waals surface area contributed by atoms with Crippen LogP contribution >= 0.6 is 0 Å². The van der Waals surface area contributed by atoms with Crippen LogP contribution in [0.5, 0.6) is 0 Å². The molecule has 116 valence electrons. The van der Waals surface area contributed by atoms with Crippen molar-refractivity contribution in [3.05, 3.63) is 58.2 Å². The number of aryl methyl sites for hydroxylation is 1. The molecule has 2 nitrogen and oxygen atoms in total. The Hall–Kier alpha value is -2.39. The van der Waals surface area contributed by atoms with Gasteiger partial charge in [-0.3, -0.25) is 0 Å². The largest absolute Gasteiger partial charge is 0.236 e. The van der Waals surface area contributed by atoms with Gasteiger partial charge in [0, 0.05) is 10.8 Å². The molecule has 2 bridgehead atoms. The highest BCUT2D eigenvalue weighted by molar-refractivity contribution is 5.73. The van der Waals surface area contributed by atoms with Crippen LogP contribution in [0, 0.1) is 35.7 Å². The van der Waals surface area contributed by atoms with Crippen molar-refractivity contribution in [3.63, 3.8) is 0 Å². The molecule has 0 saturated heterocycles. The molecule has 0 heterocycles. The minimum atomic E-state index is -0.269. The summed E-state index contributed by atoms with van der Waals surface area (Å²) in [6.45, 7) is 11.1. The number of fused-ring (bicyclic) bond motifs is 2. The summed E-state index contributed by atoms with van der Waals surface area (Å²) in [6, 6.07) is 5.87. The highest BCUT2D eigenvalue weighted by Gasteiger charge is 2.46. The molecule has 0 unspecified atom stereocenters. The maximum absolute atomic E-state index is 14.3. The fraction of sp³-hybridized carbons (Fsp3) is 0.400. The van der Waals surface area contributed by atoms with Crippen molar-refractivity contribution >= 4 is 11.8 Å². The number of rotatable bonds is 2. The Balaban J connectivity index is 2.00. The molecule has 0 atom stereocenters. The number of hydrogen-bond donors (Lipinski definition) is 0. The molecule has 0 N–H and O–H groups in total. The first-order valence-electron chi connectivity index (χ1n) is 7.92. The van der Waals surface area contributed by atoms with Crippen LogP contribution in [0.25, 0.3) is 10.9 Å². The molecule has 3 heteroatoms. The Kier molecular flexibility index (Phi) is 3.61. The Labute approximate surface area is 136 Å². The monoisotopic (exact) mass is 306 g/mol. The molecule has 0 radical (unpaired) electrons. The molecule has 4 rings (SSSR count). The van der Waals surface area contributed by atoms with E-state index >= 15 is 0 Å². The molecule has 0 amide bonds. The number of benzene rings is 1. The van der Waals surface area contributed by atoms with Gasteiger partial charge in [0.15, 0.2) is 0 Å². The fourth-order valence-electron chi connectivity index (χ4n) is 3.66. The van der Waals surface area contributed by atoms with E-state index in [0.29, 0.717) is 11.3 Å². The van der Waals surface area contributed by atoms with Crippen molar-refractivity contribution in [1.82, 2.24) is 0 Å². The minimum absolute atomic E-state index is 0.00547. The lowest BCUT2D eigenvalue weighted by Gasteiger charge is -2.47. The summed E-state index contributed by atoms with van der Waals surface area (Å²) >= 11 is 0. The summed E-state index contributed by atoms with van der Waals surface area (Å²) in [6.07, 6.45) is 9.31. The molecule has 23 heavy (non-hydrogen) atoms. The van der Waals surface area contributed by atoms with Gasteiger partial charge in [-0.2, -0.15) is 5.26 Å². The van der Waals surface area contributed by atoms with Gasteiger partial charge >= 0.3 is 0 Å². The zero-order valence-corrected chi connectivity index (χ0v) is 13.5. The van der Waals surface area contributed by atoms with Crippen molar-refractivity contribution in [2.45, 2.75) is 39.5 Å². The van der Waals surface area contributed by atoms with Crippen LogP contribution < -0.4 is 0 Å². The van der Waals surface area contributed by atoms with Gasteiger partial charge in [-0.1, -0.05) is 31.2 Å². The molecular weight excluding hydrogens is 287 g/mol. The van der Waals surface area contributed by atoms with Gasteiger partial charge in [0.05, 0.1) is 18.2 Å². The first-order chi connectivity index (χ1) is 10.9. The van der Waals surface area contributed by atoms with E-state index in [4.69, 9.17) is 6.57 Å². The molecule has 1 aromatic rings. The van der Waals surface area contributed by atoms with Crippen LogP contribution in [0.1, 0.15) is 49.3 Å². The number of allylic oxidation sites excluding steroid dienone is 3. The third-order valence-electron chi connectivity index (χ3n) is 5.51. The molecule has 3 aliphatic rings. The zero-order valence-electron chi connectivity index (χ0n) is 13.5. The van der Waals surface area contributed by atoms with Crippen molar-refractivity contribution in [2.75, 3.05) is 0 Å². The normalized spacial score (nSPS) is 29.2. The number of hydrogen-bond acceptors (Lipinski definition) is 1. The van der Waals surface area contributed by atoms with Gasteiger partial charge in [-0.25, -0.2) is 9.24 Å². The van der Waals surface area contributed by atoms with Crippen molar-refractivity contribution in [1.29, 1.82) is 5.26 Å². The van der Waals surface area contributed by atoms with E-state index in [0.717, 1.165) is 36.8 Å². The van der Waals surface area contributed by atoms with Crippen LogP contribution in [0.3, 0.4) is 0 Å². The third kappa shape index (κ3) is 2.47. The predicted molar refractivity (Wildman–Crippen MR) is 89.4 cm³/mol. The van der Waals surface area contributed by atoms with E-state index in [1.807, 2.05) is 38.1 Å². The van der Waals surface area contributed by atoms with Crippen LogP contribution in [0.15, 0.2) is 30.1 Å². The van der Waals surface area contributed by atoms with E-state index in [-0.39, 0.29) is 16.7 Å². The summed E-state index contributed by atoms with van der Waals surface area (Å²) in [5, 5.41) is 9.40. The summed E-state index contributed by atoms with van der Waals surface area (Å²) in [5.41, 5.74) is 1.86. The summed E-state index contributed by atoms with van der Waals surface area (Å²) < 4.78 is 14.3. The molecule has 0 aromatic heterocycles. The predicted octanol–water partition coefficient (Wildman–Crippen LogP) is 5.86. The van der Waals surface area contributed by atoms with E-state index in [9.17, 15) is 9.65 Å². The Morgan fingerprint density at radius 1 is 1.30 bits per heavy atom. The van der Waals surface area contributed by atoms with Crippen molar-refractivity contribution < 1.29 is 4.39 Å². The topological polar surface area (TPSA) is 28.1 Å². The number of nitrogens with zero attached hydrogens (tertiary/aromatic N) is 2. The maximum atomic E-state index is 14.3. The average molecular weight is 306 g/mol. The Morgan fingerprint density at radius 2 is 2.00 bits per heavy atom. The molecular formula is C20H19FN2. The van der Waals surface area contributed by atoms with Crippen molar-refractivity contribution in [3.8, 4) is 6.07 Å². The van der Waals surface area contributed by atoms with Gasteiger partial charge in [0.25, 0.3) is 0 Å². The molecule has 1 fully saturated rings. The zero-order chi connectivity index (χ0) is 16.7. The van der Waals surface area contributed by atoms with E-state index in [2.05, 4.69) is 10.9 Å². The molecule has 1 saturated carbocycles. The van der Waals surface area contributed by atoms with Crippen LogP contribution in [0.2, 0.25) is 0 Å². The minimum Gasteiger partial charge on any atom is -0.236 e. The molecule has 0 aliphatic heterocycles. The lowest BCUT2D eigenvalue weighted by atomic mass is 9.58. The second kappa shape index (κ2) is 5.36. The fourth-order valence-corrected chi connectivity index (χ4v) is 3.66. The SMILES string of the molecule is [C-]#[N+]c1c(C)ccc(/C=C/C23C=C(F)C(C)(CC2)CC3)c1C#N. The highest BCUT2D eigenvalue weighted by atomic mass is 19.1. The standard InChI is InChI=1S/C20H19FN2/c1-14-4-5-15(16(13-22)18(14)23-3)6-7-20-10-8-19(2,9-11-20)17(21)12-20/h4-7,12H,8-11H2,1-2H3/b7-6+. The van der Waals surface area contributed by atoms with Gasteiger partial charge < -0.3 is 0 Å². The van der Waals surface area contributed by atoms with E-state index in [1.54, 1.807) is 6.08 Å². The smallest absolute Gasteiger partial charge is 0.208 e. The molecule has 0 spiro atoms. The maximum Gasteiger partial charge on any atom is 0.208 e. The van der Waals surface area contributed by atoms with Gasteiger partial charge in [-0.05, 0) is 49.8 Å². The van der Waals surface area contributed by atoms with Gasteiger partial charge in [-0.15, -0.1) is 0 Å². The summed E-state index contributed by atoms with van der Waals surface area (Å²) in [7, 11) is 0. The second-order valence-corrected chi connectivity index (χ2v) is 7.04. The number of halogens is 1. The first kappa shape index (κ1) is 15.5. The lowest BCUT2D eigenvalue weighted by molar-refractivity contribution is 0.127. The first-order valence-corrected chi connectivity index (χ1v) is 7.92. The van der Waals surface area contributed by atoms with Crippen LogP contribution in [0.4, 0.5) is 10.1 Å². The summed E-state index contributed by atoms with van der Waals surface area (Å²) in [5.74, 6) is 0.00547. The Bertz CT molecular complexity index is 794. The Morgan fingerprint density at radius 3 is 2.57 bits per heavy atom. The van der Waals surface area contributed by atoms with E-state index in [1.165, 1.54) is 0 Å². The van der Waals surface area contributed by atoms with Gasteiger partial charge in [0.1, 0.15) is 5.83 Å². The van der Waals surface area contributed by atoms with Crippen LogP contribution in [-0.2, 0) is 0 Å². The average Bonchev–Trinajstić information content (AvgIpc) is 2.55. The second-order valence-electron chi connectivity index (χ2n) is 7.04. The molecule has 3 aliphatic carbocycles. The van der Waals surface area contributed by atoms with Gasteiger partial charge in [0.2, 0.25) is 5.69 Å². The highest BCUT2D eigenvalue weighted by Crippen LogP contribution is 2.56.